The topological polar surface area (TPSA) is 114 Å². The molecular weight excluding hydrogens is 244 g/mol. The van der Waals surface area contributed by atoms with Crippen LogP contribution in [0.2, 0.25) is 0 Å². The average Bonchev–Trinajstić information content (AvgIpc) is 2.71. The van der Waals surface area contributed by atoms with Crippen molar-refractivity contribution >= 4 is 18.4 Å². The lowest BCUT2D eigenvalue weighted by Gasteiger charge is -2.08. The molecule has 2 N–H and O–H groups in total. The Kier molecular flexibility index (Phi) is 4.91. The van der Waals surface area contributed by atoms with E-state index < -0.39 is 17.9 Å². The minimum Gasteiger partial charge on any atom is -0.481 e. The molecular formula is C11H12O7. The fourth-order valence-electron chi connectivity index (χ4n) is 1.43. The van der Waals surface area contributed by atoms with E-state index in [4.69, 9.17) is 14.6 Å². The fraction of sp³-hybridized carbons (Fsp3) is 0.364. The summed E-state index contributed by atoms with van der Waals surface area (Å²) >= 11 is 0. The van der Waals surface area contributed by atoms with Crippen LogP contribution in [0.5, 0.6) is 5.95 Å². The van der Waals surface area contributed by atoms with Gasteiger partial charge in [0.2, 0.25) is 0 Å². The van der Waals surface area contributed by atoms with Crippen LogP contribution in [0.1, 0.15) is 18.6 Å². The van der Waals surface area contributed by atoms with Crippen molar-refractivity contribution in [1.82, 2.24) is 0 Å². The Morgan fingerprint density at radius 3 is 2.67 bits per heavy atom. The van der Waals surface area contributed by atoms with Crippen molar-refractivity contribution in [3.63, 3.8) is 0 Å². The van der Waals surface area contributed by atoms with Gasteiger partial charge in [-0.1, -0.05) is 0 Å². The summed E-state index contributed by atoms with van der Waals surface area (Å²) < 4.78 is 9.49. The van der Waals surface area contributed by atoms with Crippen LogP contribution in [0.3, 0.4) is 0 Å². The molecule has 1 aromatic heterocycles. The first-order valence-electron chi connectivity index (χ1n) is 5.16. The number of rotatable bonds is 8. The van der Waals surface area contributed by atoms with E-state index in [2.05, 4.69) is 4.74 Å². The molecule has 1 heterocycles. The highest BCUT2D eigenvalue weighted by atomic mass is 16.6. The van der Waals surface area contributed by atoms with Crippen LogP contribution in [0.4, 0.5) is 0 Å². The maximum Gasteiger partial charge on any atom is 0.306 e. The lowest BCUT2D eigenvalue weighted by atomic mass is 9.98. The summed E-state index contributed by atoms with van der Waals surface area (Å²) in [5.41, 5.74) is 0. The summed E-state index contributed by atoms with van der Waals surface area (Å²) in [6.07, 6.45) is -0.171. The summed E-state index contributed by atoms with van der Waals surface area (Å²) in [7, 11) is 0. The molecule has 0 saturated heterocycles. The molecule has 0 saturated carbocycles. The minimum atomic E-state index is -1.09. The van der Waals surface area contributed by atoms with Crippen LogP contribution in [0, 0.1) is 5.92 Å². The quantitative estimate of drug-likeness (QED) is 0.664. The van der Waals surface area contributed by atoms with Gasteiger partial charge in [0.1, 0.15) is 5.76 Å². The zero-order chi connectivity index (χ0) is 13.5. The van der Waals surface area contributed by atoms with Crippen LogP contribution in [0.15, 0.2) is 16.5 Å². The highest BCUT2D eigenvalue weighted by molar-refractivity contribution is 5.72. The zero-order valence-corrected chi connectivity index (χ0v) is 9.37. The van der Waals surface area contributed by atoms with Gasteiger partial charge in [0.15, 0.2) is 0 Å². The first-order valence-corrected chi connectivity index (χ1v) is 5.16. The normalized spacial score (nSPS) is 11.8. The monoisotopic (exact) mass is 256 g/mol. The van der Waals surface area contributed by atoms with Crippen LogP contribution in [-0.4, -0.2) is 28.6 Å². The second-order valence-corrected chi connectivity index (χ2v) is 3.61. The van der Waals surface area contributed by atoms with Crippen molar-refractivity contribution in [2.24, 2.45) is 5.92 Å². The second-order valence-electron chi connectivity index (χ2n) is 3.61. The molecule has 0 bridgehead atoms. The molecule has 1 unspecified atom stereocenters. The predicted octanol–water partition coefficient (Wildman–Crippen LogP) is 0.923. The Bertz CT molecular complexity index is 434. The van der Waals surface area contributed by atoms with E-state index in [9.17, 15) is 14.4 Å². The average molecular weight is 256 g/mol. The molecule has 1 aromatic rings. The number of carbonyl (C=O) groups is 3. The minimum absolute atomic E-state index is 0.00916. The summed E-state index contributed by atoms with van der Waals surface area (Å²) in [5.74, 6) is -2.69. The molecule has 0 aliphatic carbocycles. The predicted molar refractivity (Wildman–Crippen MR) is 57.1 cm³/mol. The largest absolute Gasteiger partial charge is 0.481 e. The number of furan rings is 1. The van der Waals surface area contributed by atoms with Crippen LogP contribution < -0.4 is 4.74 Å². The van der Waals surface area contributed by atoms with Gasteiger partial charge in [-0.2, -0.15) is 0 Å². The molecule has 0 aromatic carbocycles. The maximum absolute atomic E-state index is 10.9. The van der Waals surface area contributed by atoms with Crippen LogP contribution in [0.25, 0.3) is 0 Å². The van der Waals surface area contributed by atoms with Crippen molar-refractivity contribution in [1.29, 1.82) is 0 Å². The Hall–Kier alpha value is -2.31. The van der Waals surface area contributed by atoms with Gasteiger partial charge >= 0.3 is 18.4 Å². The molecule has 1 rings (SSSR count). The lowest BCUT2D eigenvalue weighted by molar-refractivity contribution is -0.143. The molecule has 98 valence electrons. The third kappa shape index (κ3) is 4.28. The van der Waals surface area contributed by atoms with Crippen molar-refractivity contribution in [2.45, 2.75) is 19.3 Å². The third-order valence-electron chi connectivity index (χ3n) is 2.30. The van der Waals surface area contributed by atoms with Gasteiger partial charge < -0.3 is 19.4 Å². The molecule has 0 spiro atoms. The summed E-state index contributed by atoms with van der Waals surface area (Å²) in [4.78, 5) is 31.4. The highest BCUT2D eigenvalue weighted by Crippen LogP contribution is 2.20. The fourth-order valence-corrected chi connectivity index (χ4v) is 1.43. The van der Waals surface area contributed by atoms with Gasteiger partial charge in [0.25, 0.3) is 5.95 Å². The lowest BCUT2D eigenvalue weighted by Crippen LogP contribution is -2.17. The Balaban J connectivity index is 2.61. The maximum atomic E-state index is 10.9. The summed E-state index contributed by atoms with van der Waals surface area (Å²) in [6, 6.07) is 2.87. The molecule has 1 atom stereocenters. The van der Waals surface area contributed by atoms with Gasteiger partial charge in [-0.25, -0.2) is 0 Å². The van der Waals surface area contributed by atoms with Crippen LogP contribution in [-0.2, 0) is 20.8 Å². The van der Waals surface area contributed by atoms with E-state index in [0.717, 1.165) is 0 Å². The van der Waals surface area contributed by atoms with Gasteiger partial charge in [0, 0.05) is 18.9 Å². The molecule has 0 amide bonds. The first-order chi connectivity index (χ1) is 8.52. The van der Waals surface area contributed by atoms with Crippen molar-refractivity contribution in [2.75, 3.05) is 0 Å². The summed E-state index contributed by atoms with van der Waals surface area (Å²) in [5, 5.41) is 17.4. The van der Waals surface area contributed by atoms with E-state index in [1.807, 2.05) is 0 Å². The Morgan fingerprint density at radius 2 is 2.11 bits per heavy atom. The standard InChI is InChI=1S/C11H12O7/c12-6-17-10-4-2-8(18-10)5-7(11(15)16)1-3-9(13)14/h2,4,6-7H,1,3,5H2,(H,13,14)(H,15,16). The summed E-state index contributed by atoms with van der Waals surface area (Å²) in [6.45, 7) is 0.196. The van der Waals surface area contributed by atoms with Crippen molar-refractivity contribution in [3.05, 3.63) is 17.9 Å². The van der Waals surface area contributed by atoms with Crippen LogP contribution >= 0.6 is 0 Å². The molecule has 0 radical (unpaired) electrons. The van der Waals surface area contributed by atoms with E-state index in [1.54, 1.807) is 0 Å². The van der Waals surface area contributed by atoms with Gasteiger partial charge in [0.05, 0.1) is 5.92 Å². The smallest absolute Gasteiger partial charge is 0.306 e. The van der Waals surface area contributed by atoms with E-state index >= 15 is 0 Å². The number of hydrogen-bond donors (Lipinski definition) is 2. The third-order valence-corrected chi connectivity index (χ3v) is 2.30. The van der Waals surface area contributed by atoms with Gasteiger partial charge in [-0.15, -0.1) is 0 Å². The molecule has 0 aliphatic heterocycles. The number of aliphatic carboxylic acids is 2. The zero-order valence-electron chi connectivity index (χ0n) is 9.37. The second kappa shape index (κ2) is 6.43. The first kappa shape index (κ1) is 13.8. The molecule has 7 nitrogen and oxygen atoms in total. The molecule has 0 aliphatic rings. The van der Waals surface area contributed by atoms with Crippen molar-refractivity contribution < 1.29 is 33.8 Å². The number of carboxylic acids is 2. The van der Waals surface area contributed by atoms with E-state index in [0.29, 0.717) is 5.76 Å². The van der Waals surface area contributed by atoms with E-state index in [1.165, 1.54) is 12.1 Å². The number of carbonyl (C=O) groups excluding carboxylic acids is 1. The molecule has 7 heteroatoms. The number of ether oxygens (including phenoxy) is 1. The Morgan fingerprint density at radius 1 is 1.39 bits per heavy atom. The number of carboxylic acid groups (broad SMARTS) is 2. The van der Waals surface area contributed by atoms with Gasteiger partial charge in [-0.05, 0) is 12.5 Å². The molecule has 0 fully saturated rings. The number of hydrogen-bond acceptors (Lipinski definition) is 5. The van der Waals surface area contributed by atoms with Gasteiger partial charge in [-0.3, -0.25) is 14.4 Å². The highest BCUT2D eigenvalue weighted by Gasteiger charge is 2.21. The Labute approximate surface area is 102 Å². The molecule has 18 heavy (non-hydrogen) atoms. The SMILES string of the molecule is O=COc1ccc(CC(CCC(=O)O)C(=O)O)o1. The van der Waals surface area contributed by atoms with Crippen molar-refractivity contribution in [3.8, 4) is 5.95 Å². The van der Waals surface area contributed by atoms with E-state index in [-0.39, 0.29) is 31.7 Å².